The van der Waals surface area contributed by atoms with Gasteiger partial charge in [0.1, 0.15) is 0 Å². The summed E-state index contributed by atoms with van der Waals surface area (Å²) >= 11 is 0. The lowest BCUT2D eigenvalue weighted by molar-refractivity contribution is -0.385. The smallest absolute Gasteiger partial charge is 0.422 e. The predicted molar refractivity (Wildman–Crippen MR) is 135 cm³/mol. The van der Waals surface area contributed by atoms with Crippen molar-refractivity contribution in [1.82, 2.24) is 19.3 Å². The lowest BCUT2D eigenvalue weighted by Gasteiger charge is -2.31. The number of non-ortho nitro benzene ring substituents is 1. The Hall–Kier alpha value is -4.26. The van der Waals surface area contributed by atoms with Gasteiger partial charge in [-0.1, -0.05) is 12.1 Å². The Kier molecular flexibility index (Phi) is 8.71. The fourth-order valence-corrected chi connectivity index (χ4v) is 5.43. The summed E-state index contributed by atoms with van der Waals surface area (Å²) in [5, 5.41) is 16.4. The van der Waals surface area contributed by atoms with Gasteiger partial charge in [-0.25, -0.2) is 8.42 Å². The molecule has 12 nitrogen and oxygen atoms in total. The summed E-state index contributed by atoms with van der Waals surface area (Å²) in [7, 11) is -4.05. The van der Waals surface area contributed by atoms with Crippen molar-refractivity contribution in [2.45, 2.75) is 36.1 Å². The number of rotatable bonds is 9. The minimum Gasteiger partial charge on any atom is -0.454 e. The Labute approximate surface area is 233 Å². The number of hydrogen-bond donors (Lipinski definition) is 2. The fourth-order valence-electron chi connectivity index (χ4n) is 3.92. The zero-order valence-corrected chi connectivity index (χ0v) is 22.0. The van der Waals surface area contributed by atoms with Crippen LogP contribution in [0.4, 0.5) is 49.6 Å². The summed E-state index contributed by atoms with van der Waals surface area (Å²) in [6.07, 6.45) is -9.00. The van der Waals surface area contributed by atoms with Gasteiger partial charge < -0.3 is 15.4 Å². The topological polar surface area (TPSA) is 152 Å². The molecule has 4 rings (SSSR count). The molecule has 0 unspecified atom stereocenters. The van der Waals surface area contributed by atoms with Crippen LogP contribution in [-0.2, 0) is 16.2 Å². The molecule has 0 atom stereocenters. The first-order chi connectivity index (χ1) is 19.6. The highest BCUT2D eigenvalue weighted by Crippen LogP contribution is 2.31. The number of ether oxygens (including phenoxy) is 1. The maximum atomic E-state index is 13.1. The van der Waals surface area contributed by atoms with E-state index in [1.54, 1.807) is 0 Å². The van der Waals surface area contributed by atoms with Crippen LogP contribution in [0.3, 0.4) is 0 Å². The molecule has 0 bridgehead atoms. The molecule has 2 aromatic carbocycles. The quantitative estimate of drug-likeness (QED) is 0.195. The van der Waals surface area contributed by atoms with Gasteiger partial charge in [0.2, 0.25) is 21.9 Å². The number of hydrogen-bond acceptors (Lipinski definition) is 10. The van der Waals surface area contributed by atoms with E-state index in [0.29, 0.717) is 0 Å². The normalized spacial score (nSPS) is 15.3. The standard InChI is InChI=1S/C23H21F6N7O5S/c24-22(25,26)13-41-21-33-19(32-20(34-21)31-16-4-1-3-14(11-16)23(27,28)29)30-15-7-9-35(10-8-15)42(39,40)18-6-2-5-17(12-18)36(37)38/h1-6,11-12,15H,7-10,13H2,(H2,30,31,32,33,34). The third kappa shape index (κ3) is 7.93. The summed E-state index contributed by atoms with van der Waals surface area (Å²) in [6, 6.07) is 7.33. The lowest BCUT2D eigenvalue weighted by atomic mass is 10.1. The van der Waals surface area contributed by atoms with E-state index in [0.717, 1.165) is 34.6 Å². The van der Waals surface area contributed by atoms with Gasteiger partial charge in [0.25, 0.3) is 5.69 Å². The van der Waals surface area contributed by atoms with Crippen molar-refractivity contribution in [3.63, 3.8) is 0 Å². The highest BCUT2D eigenvalue weighted by molar-refractivity contribution is 7.89. The van der Waals surface area contributed by atoms with E-state index in [-0.39, 0.29) is 48.1 Å². The number of nitrogens with zero attached hydrogens (tertiary/aromatic N) is 5. The molecule has 1 aliphatic heterocycles. The number of halogens is 6. The number of alkyl halides is 6. The largest absolute Gasteiger partial charge is 0.454 e. The van der Waals surface area contributed by atoms with Gasteiger partial charge >= 0.3 is 18.4 Å². The van der Waals surface area contributed by atoms with E-state index in [9.17, 15) is 44.9 Å². The van der Waals surface area contributed by atoms with Gasteiger partial charge in [0, 0.05) is 37.0 Å². The first-order valence-electron chi connectivity index (χ1n) is 12.0. The predicted octanol–water partition coefficient (Wildman–Crippen LogP) is 4.75. The third-order valence-corrected chi connectivity index (χ3v) is 7.77. The van der Waals surface area contributed by atoms with Crippen LogP contribution in [0.15, 0.2) is 53.4 Å². The molecule has 226 valence electrons. The average molecular weight is 622 g/mol. The van der Waals surface area contributed by atoms with Crippen molar-refractivity contribution in [3.05, 3.63) is 64.2 Å². The minimum absolute atomic E-state index is 0.0133. The molecule has 0 aliphatic carbocycles. The van der Waals surface area contributed by atoms with Crippen molar-refractivity contribution in [1.29, 1.82) is 0 Å². The number of nitro benzene ring substituents is 1. The second-order valence-electron chi connectivity index (χ2n) is 8.95. The van der Waals surface area contributed by atoms with E-state index in [4.69, 9.17) is 0 Å². The molecule has 1 fully saturated rings. The third-order valence-electron chi connectivity index (χ3n) is 5.88. The Balaban J connectivity index is 1.49. The van der Waals surface area contributed by atoms with Gasteiger partial charge in [-0.3, -0.25) is 10.1 Å². The van der Waals surface area contributed by atoms with E-state index in [1.165, 1.54) is 18.2 Å². The molecule has 0 spiro atoms. The second-order valence-corrected chi connectivity index (χ2v) is 10.9. The van der Waals surface area contributed by atoms with Crippen molar-refractivity contribution in [2.24, 2.45) is 0 Å². The van der Waals surface area contributed by atoms with Crippen LogP contribution in [0.1, 0.15) is 18.4 Å². The van der Waals surface area contributed by atoms with Gasteiger partial charge in [-0.05, 0) is 37.1 Å². The van der Waals surface area contributed by atoms with E-state index >= 15 is 0 Å². The van der Waals surface area contributed by atoms with Crippen LogP contribution < -0.4 is 15.4 Å². The first kappa shape index (κ1) is 30.7. The highest BCUT2D eigenvalue weighted by atomic mass is 32.2. The molecular formula is C23H21F6N7O5S. The molecule has 1 aliphatic rings. The van der Waals surface area contributed by atoms with Crippen LogP contribution in [-0.4, -0.2) is 64.5 Å². The zero-order valence-electron chi connectivity index (χ0n) is 21.2. The second kappa shape index (κ2) is 11.9. The highest BCUT2D eigenvalue weighted by Gasteiger charge is 2.32. The van der Waals surface area contributed by atoms with E-state index < -0.39 is 57.5 Å². The Morgan fingerprint density at radius 3 is 2.29 bits per heavy atom. The van der Waals surface area contributed by atoms with Crippen molar-refractivity contribution in [2.75, 3.05) is 30.3 Å². The zero-order chi connectivity index (χ0) is 30.7. The monoisotopic (exact) mass is 621 g/mol. The lowest BCUT2D eigenvalue weighted by Crippen LogP contribution is -2.42. The van der Waals surface area contributed by atoms with Gasteiger partial charge in [-0.15, -0.1) is 0 Å². The molecule has 2 N–H and O–H groups in total. The number of nitro groups is 1. The number of anilines is 3. The molecule has 0 radical (unpaired) electrons. The van der Waals surface area contributed by atoms with Crippen molar-refractivity contribution >= 4 is 33.3 Å². The van der Waals surface area contributed by atoms with Crippen LogP contribution in [0.2, 0.25) is 0 Å². The molecule has 0 saturated carbocycles. The van der Waals surface area contributed by atoms with Crippen LogP contribution >= 0.6 is 0 Å². The Morgan fingerprint density at radius 1 is 0.976 bits per heavy atom. The molecular weight excluding hydrogens is 600 g/mol. The molecule has 19 heteroatoms. The van der Waals surface area contributed by atoms with Gasteiger partial charge in [0.05, 0.1) is 15.4 Å². The Bertz CT molecular complexity index is 1550. The van der Waals surface area contributed by atoms with E-state index in [2.05, 4.69) is 30.3 Å². The average Bonchev–Trinajstić information content (AvgIpc) is 2.91. The summed E-state index contributed by atoms with van der Waals surface area (Å²) in [5.74, 6) is -0.675. The maximum absolute atomic E-state index is 13.1. The number of benzene rings is 2. The minimum atomic E-state index is -4.73. The van der Waals surface area contributed by atoms with Crippen LogP contribution in [0.5, 0.6) is 6.01 Å². The summed E-state index contributed by atoms with van der Waals surface area (Å²) < 4.78 is 109. The maximum Gasteiger partial charge on any atom is 0.422 e. The fraction of sp³-hybridized carbons (Fsp3) is 0.348. The van der Waals surface area contributed by atoms with Crippen molar-refractivity contribution < 1.29 is 44.4 Å². The van der Waals surface area contributed by atoms with E-state index in [1.807, 2.05) is 0 Å². The molecule has 3 aromatic rings. The molecule has 0 amide bonds. The SMILES string of the molecule is O=[N+]([O-])c1cccc(S(=O)(=O)N2CCC(Nc3nc(Nc4cccc(C(F)(F)F)c4)nc(OCC(F)(F)F)n3)CC2)c1. The summed E-state index contributed by atoms with van der Waals surface area (Å²) in [4.78, 5) is 21.6. The summed E-state index contributed by atoms with van der Waals surface area (Å²) in [5.41, 5.74) is -1.48. The molecule has 1 aromatic heterocycles. The number of sulfonamides is 1. The summed E-state index contributed by atoms with van der Waals surface area (Å²) in [6.45, 7) is -1.77. The number of piperidine rings is 1. The van der Waals surface area contributed by atoms with Crippen molar-refractivity contribution in [3.8, 4) is 6.01 Å². The number of aromatic nitrogens is 3. The molecule has 1 saturated heterocycles. The Morgan fingerprint density at radius 2 is 1.64 bits per heavy atom. The molecule has 42 heavy (non-hydrogen) atoms. The van der Waals surface area contributed by atoms with Crippen LogP contribution in [0.25, 0.3) is 0 Å². The van der Waals surface area contributed by atoms with Crippen LogP contribution in [0, 0.1) is 10.1 Å². The van der Waals surface area contributed by atoms with Gasteiger partial charge in [-0.2, -0.15) is 45.6 Å². The molecule has 2 heterocycles. The van der Waals surface area contributed by atoms with Gasteiger partial charge in [0.15, 0.2) is 6.61 Å². The number of nitrogens with one attached hydrogen (secondary N) is 2. The first-order valence-corrected chi connectivity index (χ1v) is 13.5.